The zero-order valence-electron chi connectivity index (χ0n) is 19.2. The quantitative estimate of drug-likeness (QED) is 0.381. The Bertz CT molecular complexity index is 1280. The van der Waals surface area contributed by atoms with Gasteiger partial charge < -0.3 is 26.0 Å². The Morgan fingerprint density at radius 3 is 2.54 bits per heavy atom. The Hall–Kier alpha value is -4.37. The third-order valence-electron chi connectivity index (χ3n) is 5.85. The first kappa shape index (κ1) is 22.4. The summed E-state index contributed by atoms with van der Waals surface area (Å²) < 4.78 is 6.96. The monoisotopic (exact) mass is 469 g/mol. The van der Waals surface area contributed by atoms with Crippen molar-refractivity contribution in [3.8, 4) is 5.69 Å². The molecular formula is C26H27N7O2. The van der Waals surface area contributed by atoms with E-state index in [2.05, 4.69) is 37.7 Å². The summed E-state index contributed by atoms with van der Waals surface area (Å²) in [5.74, 6) is 0.638. The van der Waals surface area contributed by atoms with Gasteiger partial charge in [0, 0.05) is 43.3 Å². The van der Waals surface area contributed by atoms with Crippen molar-refractivity contribution in [3.63, 3.8) is 0 Å². The van der Waals surface area contributed by atoms with Crippen molar-refractivity contribution in [1.29, 1.82) is 0 Å². The van der Waals surface area contributed by atoms with Crippen molar-refractivity contribution in [2.75, 3.05) is 42.3 Å². The highest BCUT2D eigenvalue weighted by Crippen LogP contribution is 2.23. The number of rotatable bonds is 7. The van der Waals surface area contributed by atoms with Crippen LogP contribution in [0, 0.1) is 0 Å². The SMILES string of the molecule is Nc1c(C(=O)NCc2ccccc2)cnn1-c1ccnc(Nc2ccc(N3CCOCC3)cc2)c1. The molecule has 0 radical (unpaired) electrons. The Kier molecular flexibility index (Phi) is 6.58. The number of anilines is 4. The molecule has 0 spiro atoms. The maximum atomic E-state index is 12.7. The lowest BCUT2D eigenvalue weighted by atomic mass is 10.2. The highest BCUT2D eigenvalue weighted by atomic mass is 16.5. The summed E-state index contributed by atoms with van der Waals surface area (Å²) in [5.41, 5.74) is 10.4. The fourth-order valence-electron chi connectivity index (χ4n) is 3.96. The average molecular weight is 470 g/mol. The van der Waals surface area contributed by atoms with E-state index in [0.29, 0.717) is 23.6 Å². The number of nitrogens with zero attached hydrogens (tertiary/aromatic N) is 4. The van der Waals surface area contributed by atoms with Gasteiger partial charge in [-0.25, -0.2) is 9.67 Å². The molecule has 3 heterocycles. The Morgan fingerprint density at radius 1 is 1.00 bits per heavy atom. The molecule has 0 atom stereocenters. The second-order valence-corrected chi connectivity index (χ2v) is 8.19. The number of nitrogen functional groups attached to an aromatic ring is 1. The summed E-state index contributed by atoms with van der Waals surface area (Å²) in [6.45, 7) is 3.72. The molecule has 2 aromatic heterocycles. The molecule has 0 unspecified atom stereocenters. The van der Waals surface area contributed by atoms with Crippen molar-refractivity contribution >= 4 is 28.9 Å². The van der Waals surface area contributed by atoms with Crippen molar-refractivity contribution in [1.82, 2.24) is 20.1 Å². The van der Waals surface area contributed by atoms with E-state index in [9.17, 15) is 4.79 Å². The minimum absolute atomic E-state index is 0.266. The molecule has 1 aliphatic rings. The van der Waals surface area contributed by atoms with Gasteiger partial charge in [0.25, 0.3) is 5.91 Å². The number of hydrogen-bond acceptors (Lipinski definition) is 7. The lowest BCUT2D eigenvalue weighted by Gasteiger charge is -2.28. The summed E-state index contributed by atoms with van der Waals surface area (Å²) in [6.07, 6.45) is 3.16. The summed E-state index contributed by atoms with van der Waals surface area (Å²) in [6, 6.07) is 21.6. The molecule has 0 bridgehead atoms. The van der Waals surface area contributed by atoms with E-state index in [0.717, 1.165) is 37.6 Å². The van der Waals surface area contributed by atoms with E-state index < -0.39 is 0 Å². The van der Waals surface area contributed by atoms with Crippen LogP contribution in [-0.4, -0.2) is 47.0 Å². The van der Waals surface area contributed by atoms with Gasteiger partial charge in [0.15, 0.2) is 0 Å². The number of carbonyl (C=O) groups is 1. The van der Waals surface area contributed by atoms with Crippen LogP contribution in [-0.2, 0) is 11.3 Å². The van der Waals surface area contributed by atoms with E-state index >= 15 is 0 Å². The van der Waals surface area contributed by atoms with Crippen LogP contribution in [0.5, 0.6) is 0 Å². The van der Waals surface area contributed by atoms with Crippen molar-refractivity contribution in [2.24, 2.45) is 0 Å². The molecule has 178 valence electrons. The second-order valence-electron chi connectivity index (χ2n) is 8.19. The van der Waals surface area contributed by atoms with E-state index in [1.54, 1.807) is 12.3 Å². The number of nitrogens with one attached hydrogen (secondary N) is 2. The van der Waals surface area contributed by atoms with Crippen molar-refractivity contribution in [3.05, 3.63) is 90.3 Å². The number of aromatic nitrogens is 3. The molecule has 9 nitrogen and oxygen atoms in total. The van der Waals surface area contributed by atoms with Crippen LogP contribution in [0.15, 0.2) is 79.1 Å². The normalized spacial score (nSPS) is 13.4. The lowest BCUT2D eigenvalue weighted by molar-refractivity contribution is 0.0952. The molecule has 0 aliphatic carbocycles. The van der Waals surface area contributed by atoms with Crippen LogP contribution in [0.4, 0.5) is 23.0 Å². The topological polar surface area (TPSA) is 110 Å². The number of hydrogen-bond donors (Lipinski definition) is 3. The van der Waals surface area contributed by atoms with Gasteiger partial charge in [0.1, 0.15) is 17.2 Å². The van der Waals surface area contributed by atoms with Crippen LogP contribution in [0.1, 0.15) is 15.9 Å². The maximum Gasteiger partial charge on any atom is 0.256 e. The molecule has 1 saturated heterocycles. The summed E-state index contributed by atoms with van der Waals surface area (Å²) in [5, 5.41) is 10.5. The third-order valence-corrected chi connectivity index (χ3v) is 5.85. The third kappa shape index (κ3) is 5.25. The molecule has 4 aromatic rings. The van der Waals surface area contributed by atoms with Crippen LogP contribution in [0.3, 0.4) is 0 Å². The first-order valence-corrected chi connectivity index (χ1v) is 11.5. The predicted octanol–water partition coefficient (Wildman–Crippen LogP) is 3.36. The predicted molar refractivity (Wildman–Crippen MR) is 136 cm³/mol. The number of benzene rings is 2. The number of amides is 1. The minimum Gasteiger partial charge on any atom is -0.383 e. The first-order chi connectivity index (χ1) is 17.2. The van der Waals surface area contributed by atoms with Gasteiger partial charge in [-0.3, -0.25) is 4.79 Å². The lowest BCUT2D eigenvalue weighted by Crippen LogP contribution is -2.36. The highest BCUT2D eigenvalue weighted by molar-refractivity contribution is 5.98. The second kappa shape index (κ2) is 10.3. The summed E-state index contributed by atoms with van der Waals surface area (Å²) in [7, 11) is 0. The minimum atomic E-state index is -0.273. The van der Waals surface area contributed by atoms with Gasteiger partial charge in [-0.15, -0.1) is 0 Å². The smallest absolute Gasteiger partial charge is 0.256 e. The zero-order valence-corrected chi connectivity index (χ0v) is 19.2. The van der Waals surface area contributed by atoms with Crippen LogP contribution in [0.25, 0.3) is 5.69 Å². The Labute approximate surface area is 203 Å². The molecule has 5 rings (SSSR count). The van der Waals surface area contributed by atoms with E-state index in [1.165, 1.54) is 16.6 Å². The molecule has 1 fully saturated rings. The largest absolute Gasteiger partial charge is 0.383 e. The molecule has 2 aromatic carbocycles. The van der Waals surface area contributed by atoms with Gasteiger partial charge in [0.2, 0.25) is 0 Å². The molecule has 35 heavy (non-hydrogen) atoms. The van der Waals surface area contributed by atoms with Crippen molar-refractivity contribution < 1.29 is 9.53 Å². The number of morpholine rings is 1. The number of ether oxygens (including phenoxy) is 1. The number of pyridine rings is 1. The van der Waals surface area contributed by atoms with E-state index in [1.807, 2.05) is 48.5 Å². The van der Waals surface area contributed by atoms with Gasteiger partial charge in [-0.1, -0.05) is 30.3 Å². The summed E-state index contributed by atoms with van der Waals surface area (Å²) in [4.78, 5) is 19.4. The average Bonchev–Trinajstić information content (AvgIpc) is 3.30. The molecule has 4 N–H and O–H groups in total. The molecule has 1 amide bonds. The van der Waals surface area contributed by atoms with E-state index in [-0.39, 0.29) is 11.7 Å². The first-order valence-electron chi connectivity index (χ1n) is 11.5. The molecular weight excluding hydrogens is 442 g/mol. The van der Waals surface area contributed by atoms with Crippen LogP contribution < -0.4 is 21.3 Å². The molecule has 9 heteroatoms. The van der Waals surface area contributed by atoms with Gasteiger partial charge in [-0.2, -0.15) is 5.10 Å². The highest BCUT2D eigenvalue weighted by Gasteiger charge is 2.16. The fourth-order valence-corrected chi connectivity index (χ4v) is 3.96. The maximum absolute atomic E-state index is 12.7. The van der Waals surface area contributed by atoms with Gasteiger partial charge >= 0.3 is 0 Å². The molecule has 1 aliphatic heterocycles. The fraction of sp³-hybridized carbons (Fsp3) is 0.192. The number of nitrogens with two attached hydrogens (primary N) is 1. The van der Waals surface area contributed by atoms with Gasteiger partial charge in [0.05, 0.1) is 25.1 Å². The Balaban J connectivity index is 1.26. The molecule has 0 saturated carbocycles. The Morgan fingerprint density at radius 2 is 1.77 bits per heavy atom. The van der Waals surface area contributed by atoms with Gasteiger partial charge in [-0.05, 0) is 35.9 Å². The summed E-state index contributed by atoms with van der Waals surface area (Å²) >= 11 is 0. The van der Waals surface area contributed by atoms with E-state index in [4.69, 9.17) is 10.5 Å². The standard InChI is InChI=1S/C26H27N7O2/c27-25-23(26(34)29-17-19-4-2-1-3-5-19)18-30-33(25)22-10-11-28-24(16-22)31-20-6-8-21(9-7-20)32-12-14-35-15-13-32/h1-11,16,18H,12-15,17,27H2,(H,28,31)(H,29,34). The van der Waals surface area contributed by atoms with Crippen LogP contribution in [0.2, 0.25) is 0 Å². The van der Waals surface area contributed by atoms with Crippen LogP contribution >= 0.6 is 0 Å². The van der Waals surface area contributed by atoms with Crippen molar-refractivity contribution in [2.45, 2.75) is 6.54 Å². The number of carbonyl (C=O) groups excluding carboxylic acids is 1. The zero-order chi connectivity index (χ0) is 24.0.